The van der Waals surface area contributed by atoms with Gasteiger partial charge in [0.1, 0.15) is 5.52 Å². The second-order valence-corrected chi connectivity index (χ2v) is 5.83. The average Bonchev–Trinajstić information content (AvgIpc) is 2.79. The Morgan fingerprint density at radius 1 is 1.35 bits per heavy atom. The first kappa shape index (κ1) is 14.4. The van der Waals surface area contributed by atoms with Gasteiger partial charge in [0, 0.05) is 17.6 Å². The van der Waals surface area contributed by atoms with E-state index in [2.05, 4.69) is 36.4 Å². The molecule has 20 heavy (non-hydrogen) atoms. The Morgan fingerprint density at radius 2 is 2.10 bits per heavy atom. The smallest absolute Gasteiger partial charge is 0.319 e. The molecule has 2 rings (SSSR count). The van der Waals surface area contributed by atoms with Gasteiger partial charge in [0.25, 0.3) is 0 Å². The molecule has 0 atom stereocenters. The van der Waals surface area contributed by atoms with Crippen LogP contribution >= 0.6 is 0 Å². The summed E-state index contributed by atoms with van der Waals surface area (Å²) in [4.78, 5) is 16.1. The van der Waals surface area contributed by atoms with Gasteiger partial charge in [-0.05, 0) is 24.6 Å². The number of nitrogens with zero attached hydrogens (tertiary/aromatic N) is 1. The summed E-state index contributed by atoms with van der Waals surface area (Å²) >= 11 is 0. The van der Waals surface area contributed by atoms with Crippen LogP contribution in [0, 0.1) is 0 Å². The number of amides is 2. The summed E-state index contributed by atoms with van der Waals surface area (Å²) in [6, 6.07) is 5.25. The van der Waals surface area contributed by atoms with Crippen molar-refractivity contribution in [2.45, 2.75) is 39.5 Å². The molecule has 0 aliphatic rings. The molecular weight excluding hydrogens is 254 g/mol. The summed E-state index contributed by atoms with van der Waals surface area (Å²) in [6.45, 7) is 8.82. The number of carbonyl (C=O) groups is 1. The topological polar surface area (TPSA) is 67.2 Å². The van der Waals surface area contributed by atoms with Crippen LogP contribution in [0.15, 0.2) is 22.6 Å². The molecule has 0 bridgehead atoms. The number of hydrogen-bond acceptors (Lipinski definition) is 3. The van der Waals surface area contributed by atoms with Crippen LogP contribution in [0.1, 0.15) is 40.0 Å². The number of oxazole rings is 1. The summed E-state index contributed by atoms with van der Waals surface area (Å²) in [5.41, 5.74) is 2.06. The van der Waals surface area contributed by atoms with Gasteiger partial charge in [-0.3, -0.25) is 0 Å². The number of urea groups is 1. The standard InChI is InChI=1S/C15H21N3O2/c1-5-8-16-14(19)17-10-6-7-12-11(9-10)18-13(20-12)15(2,3)4/h6-7,9H,5,8H2,1-4H3,(H2,16,17,19). The lowest BCUT2D eigenvalue weighted by atomic mass is 9.97. The van der Waals surface area contributed by atoms with Crippen LogP contribution in [-0.2, 0) is 5.41 Å². The summed E-state index contributed by atoms with van der Waals surface area (Å²) in [5.74, 6) is 0.695. The highest BCUT2D eigenvalue weighted by Crippen LogP contribution is 2.27. The summed E-state index contributed by atoms with van der Waals surface area (Å²) < 4.78 is 5.72. The zero-order valence-corrected chi connectivity index (χ0v) is 12.4. The molecular formula is C15H21N3O2. The van der Waals surface area contributed by atoms with E-state index in [0.29, 0.717) is 18.1 Å². The fraction of sp³-hybridized carbons (Fsp3) is 0.467. The molecule has 0 aliphatic heterocycles. The van der Waals surface area contributed by atoms with Crippen molar-refractivity contribution in [2.24, 2.45) is 0 Å². The number of rotatable bonds is 3. The Morgan fingerprint density at radius 3 is 2.75 bits per heavy atom. The molecule has 1 heterocycles. The van der Waals surface area contributed by atoms with Crippen LogP contribution in [0.5, 0.6) is 0 Å². The third-order valence-electron chi connectivity index (χ3n) is 2.82. The Hall–Kier alpha value is -2.04. The maximum absolute atomic E-state index is 11.6. The van der Waals surface area contributed by atoms with Crippen molar-refractivity contribution in [2.75, 3.05) is 11.9 Å². The molecule has 2 aromatic rings. The third-order valence-corrected chi connectivity index (χ3v) is 2.82. The molecule has 2 amide bonds. The van der Waals surface area contributed by atoms with Gasteiger partial charge in [0.2, 0.25) is 5.89 Å². The van der Waals surface area contributed by atoms with Crippen LogP contribution in [-0.4, -0.2) is 17.6 Å². The summed E-state index contributed by atoms with van der Waals surface area (Å²) in [6.07, 6.45) is 0.907. The summed E-state index contributed by atoms with van der Waals surface area (Å²) in [5, 5.41) is 5.55. The highest BCUT2D eigenvalue weighted by Gasteiger charge is 2.20. The van der Waals surface area contributed by atoms with E-state index in [4.69, 9.17) is 4.42 Å². The van der Waals surface area contributed by atoms with Crippen LogP contribution in [0.25, 0.3) is 11.1 Å². The van der Waals surface area contributed by atoms with Gasteiger partial charge >= 0.3 is 6.03 Å². The molecule has 0 fully saturated rings. The van der Waals surface area contributed by atoms with Crippen molar-refractivity contribution in [3.63, 3.8) is 0 Å². The van der Waals surface area contributed by atoms with E-state index < -0.39 is 0 Å². The first-order chi connectivity index (χ1) is 9.40. The lowest BCUT2D eigenvalue weighted by Gasteiger charge is -2.11. The minimum absolute atomic E-state index is 0.134. The van der Waals surface area contributed by atoms with Gasteiger partial charge in [-0.25, -0.2) is 9.78 Å². The van der Waals surface area contributed by atoms with Gasteiger partial charge in [-0.1, -0.05) is 27.7 Å². The first-order valence-electron chi connectivity index (χ1n) is 6.86. The van der Waals surface area contributed by atoms with Crippen molar-refractivity contribution >= 4 is 22.8 Å². The van der Waals surface area contributed by atoms with E-state index in [1.165, 1.54) is 0 Å². The molecule has 0 saturated heterocycles. The van der Waals surface area contributed by atoms with E-state index in [9.17, 15) is 4.79 Å². The molecule has 0 aliphatic carbocycles. The highest BCUT2D eigenvalue weighted by molar-refractivity contribution is 5.91. The number of hydrogen-bond donors (Lipinski definition) is 2. The van der Waals surface area contributed by atoms with E-state index in [-0.39, 0.29) is 11.4 Å². The monoisotopic (exact) mass is 275 g/mol. The highest BCUT2D eigenvalue weighted by atomic mass is 16.3. The molecule has 108 valence electrons. The maximum atomic E-state index is 11.6. The van der Waals surface area contributed by atoms with E-state index in [1.807, 2.05) is 25.1 Å². The lowest BCUT2D eigenvalue weighted by Crippen LogP contribution is -2.29. The fourth-order valence-corrected chi connectivity index (χ4v) is 1.74. The molecule has 5 heteroatoms. The minimum Gasteiger partial charge on any atom is -0.440 e. The zero-order valence-electron chi connectivity index (χ0n) is 12.4. The number of aromatic nitrogens is 1. The third kappa shape index (κ3) is 3.29. The molecule has 0 radical (unpaired) electrons. The molecule has 5 nitrogen and oxygen atoms in total. The quantitative estimate of drug-likeness (QED) is 0.898. The van der Waals surface area contributed by atoms with Gasteiger partial charge in [0.15, 0.2) is 5.58 Å². The Labute approximate surface area is 118 Å². The lowest BCUT2D eigenvalue weighted by molar-refractivity contribution is 0.252. The minimum atomic E-state index is -0.203. The van der Waals surface area contributed by atoms with Gasteiger partial charge in [-0.2, -0.15) is 0 Å². The Bertz CT molecular complexity index is 611. The molecule has 1 aromatic heterocycles. The predicted octanol–water partition coefficient (Wildman–Crippen LogP) is 3.66. The van der Waals surface area contributed by atoms with Gasteiger partial charge in [-0.15, -0.1) is 0 Å². The molecule has 0 unspecified atom stereocenters. The Kier molecular flexibility index (Phi) is 3.97. The van der Waals surface area contributed by atoms with Crippen LogP contribution in [0.2, 0.25) is 0 Å². The number of benzene rings is 1. The number of anilines is 1. The van der Waals surface area contributed by atoms with Crippen LogP contribution < -0.4 is 10.6 Å². The zero-order chi connectivity index (χ0) is 14.8. The SMILES string of the molecule is CCCNC(=O)Nc1ccc2oc(C(C)(C)C)nc2c1. The van der Waals surface area contributed by atoms with E-state index in [0.717, 1.165) is 17.5 Å². The van der Waals surface area contributed by atoms with Gasteiger partial charge < -0.3 is 15.1 Å². The predicted molar refractivity (Wildman–Crippen MR) is 80.0 cm³/mol. The van der Waals surface area contributed by atoms with Crippen molar-refractivity contribution in [3.8, 4) is 0 Å². The van der Waals surface area contributed by atoms with Crippen molar-refractivity contribution in [3.05, 3.63) is 24.1 Å². The number of nitrogens with one attached hydrogen (secondary N) is 2. The van der Waals surface area contributed by atoms with Gasteiger partial charge in [0.05, 0.1) is 0 Å². The van der Waals surface area contributed by atoms with Crippen LogP contribution in [0.4, 0.5) is 10.5 Å². The molecule has 0 saturated carbocycles. The molecule has 2 N–H and O–H groups in total. The Balaban J connectivity index is 2.19. The van der Waals surface area contributed by atoms with Crippen molar-refractivity contribution < 1.29 is 9.21 Å². The maximum Gasteiger partial charge on any atom is 0.319 e. The number of fused-ring (bicyclic) bond motifs is 1. The second kappa shape index (κ2) is 5.53. The molecule has 0 spiro atoms. The average molecular weight is 275 g/mol. The van der Waals surface area contributed by atoms with Crippen molar-refractivity contribution in [1.82, 2.24) is 10.3 Å². The van der Waals surface area contributed by atoms with E-state index >= 15 is 0 Å². The number of carbonyl (C=O) groups excluding carboxylic acids is 1. The van der Waals surface area contributed by atoms with Crippen molar-refractivity contribution in [1.29, 1.82) is 0 Å². The summed E-state index contributed by atoms with van der Waals surface area (Å²) in [7, 11) is 0. The van der Waals surface area contributed by atoms with E-state index in [1.54, 1.807) is 0 Å². The largest absolute Gasteiger partial charge is 0.440 e. The second-order valence-electron chi connectivity index (χ2n) is 5.83. The first-order valence-corrected chi connectivity index (χ1v) is 6.86. The van der Waals surface area contributed by atoms with Crippen LogP contribution in [0.3, 0.4) is 0 Å². The molecule has 1 aromatic carbocycles. The fourth-order valence-electron chi connectivity index (χ4n) is 1.74. The normalized spacial score (nSPS) is 11.6.